The van der Waals surface area contributed by atoms with Crippen molar-refractivity contribution in [2.45, 2.75) is 39.3 Å². The van der Waals surface area contributed by atoms with Gasteiger partial charge < -0.3 is 15.0 Å². The molecule has 0 aliphatic heterocycles. The Morgan fingerprint density at radius 3 is 2.21 bits per heavy atom. The number of rotatable bonds is 9. The molecule has 0 heterocycles. The van der Waals surface area contributed by atoms with Crippen molar-refractivity contribution in [2.75, 3.05) is 13.7 Å². The molecule has 5 nitrogen and oxygen atoms in total. The molecule has 2 amide bonds. The van der Waals surface area contributed by atoms with Crippen LogP contribution in [0.4, 0.5) is 0 Å². The first-order chi connectivity index (χ1) is 13.9. The fourth-order valence-electron chi connectivity index (χ4n) is 3.09. The second kappa shape index (κ2) is 11.1. The van der Waals surface area contributed by atoms with Crippen LogP contribution in [0.2, 0.25) is 10.0 Å². The molecule has 156 valence electrons. The van der Waals surface area contributed by atoms with Crippen LogP contribution in [0, 0.1) is 0 Å². The predicted octanol–water partition coefficient (Wildman–Crippen LogP) is 4.49. The van der Waals surface area contributed by atoms with E-state index in [2.05, 4.69) is 5.32 Å². The molecule has 29 heavy (non-hydrogen) atoms. The Labute approximate surface area is 181 Å². The minimum atomic E-state index is -0.592. The van der Waals surface area contributed by atoms with Gasteiger partial charge >= 0.3 is 0 Å². The van der Waals surface area contributed by atoms with Crippen LogP contribution in [-0.4, -0.2) is 36.4 Å². The van der Waals surface area contributed by atoms with Crippen LogP contribution in [0.3, 0.4) is 0 Å². The third-order valence-electron chi connectivity index (χ3n) is 4.64. The van der Waals surface area contributed by atoms with Gasteiger partial charge in [0.2, 0.25) is 11.8 Å². The highest BCUT2D eigenvalue weighted by molar-refractivity contribution is 6.36. The SMILES string of the molecule is CCNC(=O)[C@H](CC)N(Cc1ccc(OC)cc1)C(=O)Cc1c(Cl)cccc1Cl. The molecule has 0 aliphatic rings. The van der Waals surface area contributed by atoms with Crippen molar-refractivity contribution in [1.82, 2.24) is 10.2 Å². The van der Waals surface area contributed by atoms with Gasteiger partial charge in [0, 0.05) is 23.1 Å². The number of ether oxygens (including phenoxy) is 1. The van der Waals surface area contributed by atoms with Crippen LogP contribution in [0.15, 0.2) is 42.5 Å². The zero-order chi connectivity index (χ0) is 21.4. The quantitative estimate of drug-likeness (QED) is 0.629. The Balaban J connectivity index is 2.33. The molecule has 0 saturated heterocycles. The zero-order valence-electron chi connectivity index (χ0n) is 16.9. The summed E-state index contributed by atoms with van der Waals surface area (Å²) < 4.78 is 5.19. The number of hydrogen-bond donors (Lipinski definition) is 1. The topological polar surface area (TPSA) is 58.6 Å². The van der Waals surface area contributed by atoms with E-state index >= 15 is 0 Å². The van der Waals surface area contributed by atoms with Gasteiger partial charge in [-0.15, -0.1) is 0 Å². The van der Waals surface area contributed by atoms with E-state index in [1.165, 1.54) is 0 Å². The summed E-state index contributed by atoms with van der Waals surface area (Å²) in [5.74, 6) is 0.335. The second-order valence-corrected chi connectivity index (χ2v) is 7.38. The predicted molar refractivity (Wildman–Crippen MR) is 116 cm³/mol. The van der Waals surface area contributed by atoms with E-state index in [0.717, 1.165) is 11.3 Å². The van der Waals surface area contributed by atoms with Crippen molar-refractivity contribution in [3.63, 3.8) is 0 Å². The Hall–Kier alpha value is -2.24. The van der Waals surface area contributed by atoms with Crippen LogP contribution < -0.4 is 10.1 Å². The Morgan fingerprint density at radius 2 is 1.69 bits per heavy atom. The first-order valence-corrected chi connectivity index (χ1v) is 10.3. The molecule has 0 spiro atoms. The van der Waals surface area contributed by atoms with Gasteiger partial charge in [-0.3, -0.25) is 9.59 Å². The molecule has 0 aromatic heterocycles. The van der Waals surface area contributed by atoms with Crippen molar-refractivity contribution >= 4 is 35.0 Å². The minimum Gasteiger partial charge on any atom is -0.497 e. The van der Waals surface area contributed by atoms with Crippen molar-refractivity contribution in [2.24, 2.45) is 0 Å². The lowest BCUT2D eigenvalue weighted by Gasteiger charge is -2.31. The molecule has 2 aromatic rings. The fourth-order valence-corrected chi connectivity index (χ4v) is 3.62. The molecular formula is C22H26Cl2N2O3. The number of benzene rings is 2. The van der Waals surface area contributed by atoms with Crippen molar-refractivity contribution < 1.29 is 14.3 Å². The van der Waals surface area contributed by atoms with E-state index in [1.807, 2.05) is 38.1 Å². The lowest BCUT2D eigenvalue weighted by Crippen LogP contribution is -2.49. The van der Waals surface area contributed by atoms with Crippen LogP contribution in [-0.2, 0) is 22.6 Å². The Bertz CT molecular complexity index is 820. The molecule has 0 bridgehead atoms. The summed E-state index contributed by atoms with van der Waals surface area (Å²) in [7, 11) is 1.60. The molecule has 1 atom stereocenters. The number of carbonyl (C=O) groups is 2. The smallest absolute Gasteiger partial charge is 0.242 e. The summed E-state index contributed by atoms with van der Waals surface area (Å²) in [6, 6.07) is 12.0. The van der Waals surface area contributed by atoms with Crippen LogP contribution in [0.25, 0.3) is 0 Å². The molecule has 0 fully saturated rings. The summed E-state index contributed by atoms with van der Waals surface area (Å²) in [6.45, 7) is 4.53. The number of halogens is 2. The molecule has 2 aromatic carbocycles. The molecular weight excluding hydrogens is 411 g/mol. The van der Waals surface area contributed by atoms with E-state index in [1.54, 1.807) is 30.2 Å². The van der Waals surface area contributed by atoms with Gasteiger partial charge in [0.1, 0.15) is 11.8 Å². The van der Waals surface area contributed by atoms with E-state index in [-0.39, 0.29) is 18.2 Å². The van der Waals surface area contributed by atoms with Gasteiger partial charge in [-0.05, 0) is 48.7 Å². The molecule has 0 unspecified atom stereocenters. The van der Waals surface area contributed by atoms with Gasteiger partial charge in [-0.2, -0.15) is 0 Å². The summed E-state index contributed by atoms with van der Waals surface area (Å²) in [4.78, 5) is 27.5. The van der Waals surface area contributed by atoms with Gasteiger partial charge in [0.05, 0.1) is 13.5 Å². The number of amides is 2. The van der Waals surface area contributed by atoms with Crippen LogP contribution in [0.5, 0.6) is 5.75 Å². The maximum Gasteiger partial charge on any atom is 0.242 e. The average Bonchev–Trinajstić information content (AvgIpc) is 2.71. The van der Waals surface area contributed by atoms with Gasteiger partial charge in [0.15, 0.2) is 0 Å². The number of likely N-dealkylation sites (N-methyl/N-ethyl adjacent to an activating group) is 1. The van der Waals surface area contributed by atoms with Crippen molar-refractivity contribution in [3.8, 4) is 5.75 Å². The fraction of sp³-hybridized carbons (Fsp3) is 0.364. The van der Waals surface area contributed by atoms with Gasteiger partial charge in [0.25, 0.3) is 0 Å². The van der Waals surface area contributed by atoms with Crippen LogP contribution >= 0.6 is 23.2 Å². The van der Waals surface area contributed by atoms with Crippen molar-refractivity contribution in [3.05, 3.63) is 63.6 Å². The molecule has 2 rings (SSSR count). The molecule has 0 radical (unpaired) electrons. The second-order valence-electron chi connectivity index (χ2n) is 6.57. The first-order valence-electron chi connectivity index (χ1n) is 9.54. The zero-order valence-corrected chi connectivity index (χ0v) is 18.4. The maximum atomic E-state index is 13.3. The van der Waals surface area contributed by atoms with E-state index < -0.39 is 6.04 Å². The van der Waals surface area contributed by atoms with Gasteiger partial charge in [-0.1, -0.05) is 48.3 Å². The maximum absolute atomic E-state index is 13.3. The third kappa shape index (κ3) is 6.12. The minimum absolute atomic E-state index is 0.0184. The molecule has 7 heteroatoms. The number of nitrogens with zero attached hydrogens (tertiary/aromatic N) is 1. The monoisotopic (exact) mass is 436 g/mol. The lowest BCUT2D eigenvalue weighted by molar-refractivity contribution is -0.140. The summed E-state index contributed by atoms with van der Waals surface area (Å²) >= 11 is 12.5. The van der Waals surface area contributed by atoms with Crippen LogP contribution in [0.1, 0.15) is 31.4 Å². The largest absolute Gasteiger partial charge is 0.497 e. The first kappa shape index (κ1) is 23.0. The van der Waals surface area contributed by atoms with E-state index in [9.17, 15) is 9.59 Å². The summed E-state index contributed by atoms with van der Waals surface area (Å²) in [6.07, 6.45) is 0.508. The highest BCUT2D eigenvalue weighted by Crippen LogP contribution is 2.26. The standard InChI is InChI=1S/C22H26Cl2N2O3/c1-4-20(22(28)25-5-2)26(14-15-9-11-16(29-3)12-10-15)21(27)13-17-18(23)7-6-8-19(17)24/h6-12,20H,4-5,13-14H2,1-3H3,(H,25,28)/t20-/m0/s1. The Kier molecular flexibility index (Phi) is 8.80. The molecule has 0 aliphatic carbocycles. The van der Waals surface area contributed by atoms with Crippen molar-refractivity contribution in [1.29, 1.82) is 0 Å². The molecule has 1 N–H and O–H groups in total. The summed E-state index contributed by atoms with van der Waals surface area (Å²) in [5.41, 5.74) is 1.46. The molecule has 0 saturated carbocycles. The highest BCUT2D eigenvalue weighted by atomic mass is 35.5. The number of hydrogen-bond acceptors (Lipinski definition) is 3. The van der Waals surface area contributed by atoms with Gasteiger partial charge in [-0.25, -0.2) is 0 Å². The average molecular weight is 437 g/mol. The number of nitrogens with one attached hydrogen (secondary N) is 1. The number of methoxy groups -OCH3 is 1. The Morgan fingerprint density at radius 1 is 1.07 bits per heavy atom. The van der Waals surface area contributed by atoms with E-state index in [4.69, 9.17) is 27.9 Å². The lowest BCUT2D eigenvalue weighted by atomic mass is 10.1. The normalized spacial score (nSPS) is 11.6. The highest BCUT2D eigenvalue weighted by Gasteiger charge is 2.29. The summed E-state index contributed by atoms with van der Waals surface area (Å²) in [5, 5.41) is 3.68. The third-order valence-corrected chi connectivity index (χ3v) is 5.35. The number of carbonyl (C=O) groups excluding carboxylic acids is 2. The van der Waals surface area contributed by atoms with E-state index in [0.29, 0.717) is 35.1 Å².